The Hall–Kier alpha value is -0.160. The van der Waals surface area contributed by atoms with Crippen LogP contribution in [-0.4, -0.2) is 29.9 Å². The summed E-state index contributed by atoms with van der Waals surface area (Å²) in [7, 11) is 1.00. The minimum absolute atomic E-state index is 0. The van der Waals surface area contributed by atoms with Crippen LogP contribution in [-0.2, 0) is 4.74 Å². The maximum absolute atomic E-state index is 7.00. The number of rotatable bonds is 13. The third-order valence-electron chi connectivity index (χ3n) is 3.86. The highest BCUT2D eigenvalue weighted by Gasteiger charge is 2.28. The van der Waals surface area contributed by atoms with Gasteiger partial charge in [0.2, 0.25) is 0 Å². The predicted octanol–water partition coefficient (Wildman–Crippen LogP) is 5.06. The van der Waals surface area contributed by atoms with Gasteiger partial charge in [0.05, 0.1) is 5.60 Å². The summed E-state index contributed by atoms with van der Waals surface area (Å²) in [6.07, 6.45) is 14.1. The molecule has 4 nitrogen and oxygen atoms in total. The lowest BCUT2D eigenvalue weighted by Gasteiger charge is -2.34. The lowest BCUT2D eigenvalue weighted by atomic mass is 9.85. The number of aliphatic hydroxyl groups is 1. The molecule has 0 saturated carbocycles. The van der Waals surface area contributed by atoms with Crippen molar-refractivity contribution in [2.24, 2.45) is 0 Å². The van der Waals surface area contributed by atoms with Crippen LogP contribution < -0.4 is 6.15 Å². The van der Waals surface area contributed by atoms with Crippen molar-refractivity contribution in [1.82, 2.24) is 6.15 Å². The van der Waals surface area contributed by atoms with Crippen molar-refractivity contribution < 1.29 is 15.3 Å². The van der Waals surface area contributed by atoms with E-state index in [0.29, 0.717) is 0 Å². The summed E-state index contributed by atoms with van der Waals surface area (Å²) in [6, 6.07) is 0. The van der Waals surface area contributed by atoms with E-state index in [2.05, 4.69) is 27.7 Å². The minimum Gasteiger partial charge on any atom is -0.412 e. The van der Waals surface area contributed by atoms with Crippen molar-refractivity contribution in [1.29, 1.82) is 0 Å². The van der Waals surface area contributed by atoms with Gasteiger partial charge in [-0.25, -0.2) is 0 Å². The maximum atomic E-state index is 7.00. The molecule has 0 amide bonds. The van der Waals surface area contributed by atoms with E-state index in [4.69, 9.17) is 9.84 Å². The Labute approximate surface area is 139 Å². The van der Waals surface area contributed by atoms with Crippen LogP contribution in [0.4, 0.5) is 0 Å². The predicted molar refractivity (Wildman–Crippen MR) is 98.9 cm³/mol. The highest BCUT2D eigenvalue weighted by atomic mass is 16.5. The van der Waals surface area contributed by atoms with Gasteiger partial charge in [0.15, 0.2) is 0 Å². The minimum atomic E-state index is 0. The normalized spacial score (nSPS) is 10.1. The summed E-state index contributed by atoms with van der Waals surface area (Å²) in [5, 5.41) is 7.00. The first-order valence-electron chi connectivity index (χ1n) is 8.83. The molecule has 0 fully saturated rings. The molecule has 0 aromatic rings. The Morgan fingerprint density at radius 1 is 0.682 bits per heavy atom. The van der Waals surface area contributed by atoms with Crippen molar-refractivity contribution in [2.75, 3.05) is 13.7 Å². The van der Waals surface area contributed by atoms with Crippen LogP contribution in [0, 0.1) is 0 Å². The Bertz CT molecular complexity index is 156. The molecule has 4 heteroatoms. The van der Waals surface area contributed by atoms with Crippen LogP contribution in [0.2, 0.25) is 0 Å². The van der Waals surface area contributed by atoms with E-state index in [0.717, 1.165) is 13.7 Å². The van der Waals surface area contributed by atoms with E-state index in [9.17, 15) is 0 Å². The molecular weight excluding hydrogens is 278 g/mol. The van der Waals surface area contributed by atoms with E-state index in [1.54, 1.807) is 0 Å². The molecule has 0 rings (SSSR count). The highest BCUT2D eigenvalue weighted by molar-refractivity contribution is 4.81. The Morgan fingerprint density at radius 3 is 1.27 bits per heavy atom. The molecule has 0 atom stereocenters. The molecule has 0 spiro atoms. The van der Waals surface area contributed by atoms with Crippen LogP contribution in [0.1, 0.15) is 98.3 Å². The van der Waals surface area contributed by atoms with E-state index in [1.165, 1.54) is 70.6 Å². The largest absolute Gasteiger partial charge is 0.412 e. The van der Waals surface area contributed by atoms with E-state index in [1.807, 2.05) is 0 Å². The van der Waals surface area contributed by atoms with E-state index < -0.39 is 0 Å². The van der Waals surface area contributed by atoms with Crippen LogP contribution in [0.5, 0.6) is 0 Å². The zero-order chi connectivity index (χ0) is 15.7. The van der Waals surface area contributed by atoms with Crippen LogP contribution in [0.3, 0.4) is 0 Å². The van der Waals surface area contributed by atoms with Gasteiger partial charge < -0.3 is 21.5 Å². The third-order valence-corrected chi connectivity index (χ3v) is 3.86. The Balaban J connectivity index is -0.000000387. The van der Waals surface area contributed by atoms with Gasteiger partial charge in [0, 0.05) is 13.7 Å². The van der Waals surface area contributed by atoms with Gasteiger partial charge in [-0.2, -0.15) is 0 Å². The third kappa shape index (κ3) is 16.2. The van der Waals surface area contributed by atoms with Gasteiger partial charge in [-0.1, -0.05) is 72.6 Å². The summed E-state index contributed by atoms with van der Waals surface area (Å²) in [5.41, 5.74) is 0.206. The molecule has 0 unspecified atom stereocenters. The average molecular weight is 324 g/mol. The van der Waals surface area contributed by atoms with Crippen LogP contribution in [0.25, 0.3) is 0 Å². The summed E-state index contributed by atoms with van der Waals surface area (Å²) < 4.78 is 6.38. The average Bonchev–Trinajstić information content (AvgIpc) is 2.50. The topological polar surface area (TPSA) is 96.0 Å². The molecule has 0 radical (unpaired) electrons. The number of aliphatic hydroxyl groups excluding tert-OH is 1. The van der Waals surface area contributed by atoms with Crippen molar-refractivity contribution >= 4 is 0 Å². The standard InChI is InChI=1S/C17H36O.CH4O.H3N.H2O/c1-5-9-13-17(14-10-6-2,15-11-7-3)18-16-12-8-4;1-2;;/h5-16H2,1-4H3;2H,1H3;1H3;1H2. The molecule has 22 heavy (non-hydrogen) atoms. The van der Waals surface area contributed by atoms with Gasteiger partial charge in [0.1, 0.15) is 0 Å². The second-order valence-corrected chi connectivity index (χ2v) is 5.70. The zero-order valence-electron chi connectivity index (χ0n) is 16.0. The molecule has 0 aromatic carbocycles. The van der Waals surface area contributed by atoms with Gasteiger partial charge in [0.25, 0.3) is 0 Å². The number of ether oxygens (including phenoxy) is 1. The molecule has 140 valence electrons. The zero-order valence-corrected chi connectivity index (χ0v) is 16.0. The van der Waals surface area contributed by atoms with Crippen molar-refractivity contribution in [3.63, 3.8) is 0 Å². The first-order chi connectivity index (χ1) is 9.74. The SMILES string of the molecule is CCCCOC(CCCC)(CCCC)CCCC.CO.N.O. The van der Waals surface area contributed by atoms with Gasteiger partial charge in [-0.15, -0.1) is 0 Å². The quantitative estimate of drug-likeness (QED) is 0.464. The number of hydrogen-bond donors (Lipinski definition) is 2. The monoisotopic (exact) mass is 323 g/mol. The molecule has 0 bridgehead atoms. The van der Waals surface area contributed by atoms with Crippen molar-refractivity contribution in [2.45, 2.75) is 104 Å². The van der Waals surface area contributed by atoms with Crippen LogP contribution in [0.15, 0.2) is 0 Å². The number of unbranched alkanes of at least 4 members (excludes halogenated alkanes) is 4. The summed E-state index contributed by atoms with van der Waals surface area (Å²) >= 11 is 0. The lowest BCUT2D eigenvalue weighted by molar-refractivity contribution is -0.0684. The van der Waals surface area contributed by atoms with Gasteiger partial charge in [-0.05, 0) is 25.7 Å². The Kier molecular flexibility index (Phi) is 31.3. The van der Waals surface area contributed by atoms with E-state index >= 15 is 0 Å². The molecular formula is C18H45NO3. The fourth-order valence-electron chi connectivity index (χ4n) is 2.52. The van der Waals surface area contributed by atoms with Crippen molar-refractivity contribution in [3.05, 3.63) is 0 Å². The fourth-order valence-corrected chi connectivity index (χ4v) is 2.52. The smallest absolute Gasteiger partial charge is 0.0682 e. The molecule has 0 aromatic heterocycles. The second-order valence-electron chi connectivity index (χ2n) is 5.70. The summed E-state index contributed by atoms with van der Waals surface area (Å²) in [6.45, 7) is 10.1. The summed E-state index contributed by atoms with van der Waals surface area (Å²) in [5.74, 6) is 0. The first-order valence-corrected chi connectivity index (χ1v) is 8.83. The molecule has 0 aliphatic carbocycles. The van der Waals surface area contributed by atoms with Crippen molar-refractivity contribution in [3.8, 4) is 0 Å². The molecule has 6 N–H and O–H groups in total. The first kappa shape index (κ1) is 29.8. The van der Waals surface area contributed by atoms with Gasteiger partial charge >= 0.3 is 0 Å². The number of hydrogen-bond acceptors (Lipinski definition) is 3. The molecule has 0 aliphatic rings. The molecule has 0 saturated heterocycles. The fraction of sp³-hybridized carbons (Fsp3) is 1.00. The molecule has 0 heterocycles. The summed E-state index contributed by atoms with van der Waals surface area (Å²) in [4.78, 5) is 0. The Morgan fingerprint density at radius 2 is 1.00 bits per heavy atom. The van der Waals surface area contributed by atoms with E-state index in [-0.39, 0.29) is 17.2 Å². The highest BCUT2D eigenvalue weighted by Crippen LogP contribution is 2.31. The second kappa shape index (κ2) is 23.1. The maximum Gasteiger partial charge on any atom is 0.0682 e. The lowest BCUT2D eigenvalue weighted by Crippen LogP contribution is -2.33. The molecule has 0 aliphatic heterocycles. The van der Waals surface area contributed by atoms with Gasteiger partial charge in [-0.3, -0.25) is 0 Å². The van der Waals surface area contributed by atoms with Crippen LogP contribution >= 0.6 is 0 Å².